The Bertz CT molecular complexity index is 528. The Morgan fingerprint density at radius 2 is 2.18 bits per heavy atom. The van der Waals surface area contributed by atoms with Crippen molar-refractivity contribution in [1.82, 2.24) is 5.32 Å². The second-order valence-electron chi connectivity index (χ2n) is 4.75. The molecular weight excluding hydrogens is 278 g/mol. The highest BCUT2D eigenvalue weighted by atomic mass is 79.9. The highest BCUT2D eigenvalue weighted by Gasteiger charge is 2.31. The summed E-state index contributed by atoms with van der Waals surface area (Å²) in [6.07, 6.45) is 2.41. The molecule has 0 saturated heterocycles. The van der Waals surface area contributed by atoms with E-state index in [0.29, 0.717) is 12.0 Å². The number of nitrogens with one attached hydrogen (secondary N) is 1. The zero-order chi connectivity index (χ0) is 11.8. The molecule has 1 aromatic heterocycles. The Hall–Kier alpha value is -0.800. The number of furan rings is 1. The number of hydrogen-bond donors (Lipinski definition) is 1. The molecule has 1 aromatic carbocycles. The molecule has 0 bridgehead atoms. The second kappa shape index (κ2) is 4.46. The van der Waals surface area contributed by atoms with Crippen LogP contribution in [0.25, 0.3) is 11.0 Å². The van der Waals surface area contributed by atoms with Gasteiger partial charge in [0.25, 0.3) is 0 Å². The van der Waals surface area contributed by atoms with Gasteiger partial charge < -0.3 is 9.73 Å². The third-order valence-corrected chi connectivity index (χ3v) is 4.02. The molecule has 1 fully saturated rings. The van der Waals surface area contributed by atoms with Crippen LogP contribution in [0.4, 0.5) is 0 Å². The van der Waals surface area contributed by atoms with E-state index in [-0.39, 0.29) is 0 Å². The molecule has 1 heterocycles. The van der Waals surface area contributed by atoms with Crippen molar-refractivity contribution in [1.29, 1.82) is 0 Å². The predicted molar refractivity (Wildman–Crippen MR) is 73.4 cm³/mol. The standard InChI is InChI=1S/C14H16BrNO/c1-2-16-12-6-10(7-12)14-8-9-5-11(15)3-4-13(9)17-14/h3-5,8,10,12,16H,2,6-7H2,1H3. The van der Waals surface area contributed by atoms with Crippen LogP contribution in [0.2, 0.25) is 0 Å². The molecule has 90 valence electrons. The van der Waals surface area contributed by atoms with E-state index < -0.39 is 0 Å². The fraction of sp³-hybridized carbons (Fsp3) is 0.429. The van der Waals surface area contributed by atoms with Crippen LogP contribution in [-0.2, 0) is 0 Å². The molecule has 1 saturated carbocycles. The number of benzene rings is 1. The van der Waals surface area contributed by atoms with E-state index in [0.717, 1.165) is 22.4 Å². The van der Waals surface area contributed by atoms with Gasteiger partial charge in [-0.2, -0.15) is 0 Å². The van der Waals surface area contributed by atoms with Crippen LogP contribution >= 0.6 is 15.9 Å². The number of fused-ring (bicyclic) bond motifs is 1. The minimum atomic E-state index is 0.602. The lowest BCUT2D eigenvalue weighted by Crippen LogP contribution is -2.39. The summed E-state index contributed by atoms with van der Waals surface area (Å²) in [5.41, 5.74) is 0.995. The monoisotopic (exact) mass is 293 g/mol. The largest absolute Gasteiger partial charge is 0.461 e. The molecule has 0 spiro atoms. The summed E-state index contributed by atoms with van der Waals surface area (Å²) >= 11 is 3.49. The summed E-state index contributed by atoms with van der Waals surface area (Å²) in [5.74, 6) is 1.75. The van der Waals surface area contributed by atoms with E-state index in [1.54, 1.807) is 0 Å². The average molecular weight is 294 g/mol. The van der Waals surface area contributed by atoms with Crippen molar-refractivity contribution in [2.75, 3.05) is 6.54 Å². The highest BCUT2D eigenvalue weighted by Crippen LogP contribution is 2.39. The van der Waals surface area contributed by atoms with Crippen molar-refractivity contribution in [2.24, 2.45) is 0 Å². The third-order valence-electron chi connectivity index (χ3n) is 3.53. The quantitative estimate of drug-likeness (QED) is 0.923. The lowest BCUT2D eigenvalue weighted by Gasteiger charge is -2.34. The summed E-state index contributed by atoms with van der Waals surface area (Å²) in [6.45, 7) is 3.22. The van der Waals surface area contributed by atoms with Crippen LogP contribution in [0.15, 0.2) is 33.2 Å². The molecule has 0 atom stereocenters. The van der Waals surface area contributed by atoms with Crippen LogP contribution in [0, 0.1) is 0 Å². The van der Waals surface area contributed by atoms with Crippen molar-refractivity contribution >= 4 is 26.9 Å². The van der Waals surface area contributed by atoms with Crippen LogP contribution in [0.5, 0.6) is 0 Å². The topological polar surface area (TPSA) is 25.2 Å². The van der Waals surface area contributed by atoms with Crippen molar-refractivity contribution in [3.63, 3.8) is 0 Å². The minimum Gasteiger partial charge on any atom is -0.461 e. The Balaban J connectivity index is 1.78. The third kappa shape index (κ3) is 2.14. The summed E-state index contributed by atoms with van der Waals surface area (Å²) in [5, 5.41) is 4.67. The van der Waals surface area contributed by atoms with Gasteiger partial charge in [-0.05, 0) is 43.7 Å². The first-order valence-electron chi connectivity index (χ1n) is 6.18. The van der Waals surface area contributed by atoms with Crippen molar-refractivity contribution in [3.8, 4) is 0 Å². The van der Waals surface area contributed by atoms with Crippen molar-refractivity contribution < 1.29 is 4.42 Å². The molecule has 0 aliphatic heterocycles. The Kier molecular flexibility index (Phi) is 2.97. The molecule has 2 aromatic rings. The molecular formula is C14H16BrNO. The van der Waals surface area contributed by atoms with Gasteiger partial charge in [0.15, 0.2) is 0 Å². The highest BCUT2D eigenvalue weighted by molar-refractivity contribution is 9.10. The van der Waals surface area contributed by atoms with Crippen LogP contribution < -0.4 is 5.32 Å². The first kappa shape index (κ1) is 11.3. The smallest absolute Gasteiger partial charge is 0.134 e. The van der Waals surface area contributed by atoms with E-state index in [2.05, 4.69) is 40.3 Å². The first-order chi connectivity index (χ1) is 8.26. The van der Waals surface area contributed by atoms with E-state index in [9.17, 15) is 0 Å². The van der Waals surface area contributed by atoms with E-state index >= 15 is 0 Å². The zero-order valence-corrected chi connectivity index (χ0v) is 11.5. The van der Waals surface area contributed by atoms with Gasteiger partial charge in [0.05, 0.1) is 0 Å². The second-order valence-corrected chi connectivity index (χ2v) is 5.67. The average Bonchev–Trinajstić information content (AvgIpc) is 2.64. The zero-order valence-electron chi connectivity index (χ0n) is 9.87. The summed E-state index contributed by atoms with van der Waals surface area (Å²) in [4.78, 5) is 0. The van der Waals surface area contributed by atoms with Crippen molar-refractivity contribution in [3.05, 3.63) is 34.5 Å². The molecule has 17 heavy (non-hydrogen) atoms. The van der Waals surface area contributed by atoms with Crippen LogP contribution in [0.1, 0.15) is 31.4 Å². The number of halogens is 1. The first-order valence-corrected chi connectivity index (χ1v) is 6.98. The maximum Gasteiger partial charge on any atom is 0.134 e. The molecule has 2 nitrogen and oxygen atoms in total. The Morgan fingerprint density at radius 3 is 2.94 bits per heavy atom. The van der Waals surface area contributed by atoms with Gasteiger partial charge in [-0.1, -0.05) is 22.9 Å². The SMILES string of the molecule is CCNC1CC(c2cc3cc(Br)ccc3o2)C1. The molecule has 1 aliphatic rings. The van der Waals surface area contributed by atoms with Gasteiger partial charge >= 0.3 is 0 Å². The lowest BCUT2D eigenvalue weighted by atomic mass is 9.78. The van der Waals surface area contributed by atoms with Crippen LogP contribution in [-0.4, -0.2) is 12.6 Å². The Labute approximate surface area is 110 Å². The summed E-state index contributed by atoms with van der Waals surface area (Å²) in [7, 11) is 0. The van der Waals surface area contributed by atoms with Gasteiger partial charge in [0, 0.05) is 21.8 Å². The van der Waals surface area contributed by atoms with Gasteiger partial charge in [0.1, 0.15) is 11.3 Å². The normalized spacial score (nSPS) is 23.9. The van der Waals surface area contributed by atoms with Crippen molar-refractivity contribution in [2.45, 2.75) is 31.7 Å². The number of hydrogen-bond acceptors (Lipinski definition) is 2. The fourth-order valence-corrected chi connectivity index (χ4v) is 2.92. The molecule has 1 aliphatic carbocycles. The molecule has 0 amide bonds. The molecule has 1 N–H and O–H groups in total. The molecule has 0 radical (unpaired) electrons. The van der Waals surface area contributed by atoms with Gasteiger partial charge in [-0.15, -0.1) is 0 Å². The summed E-state index contributed by atoms with van der Waals surface area (Å²) < 4.78 is 7.01. The minimum absolute atomic E-state index is 0.602. The molecule has 0 unspecified atom stereocenters. The van der Waals surface area contributed by atoms with Gasteiger partial charge in [-0.25, -0.2) is 0 Å². The van der Waals surface area contributed by atoms with E-state index in [4.69, 9.17) is 4.42 Å². The van der Waals surface area contributed by atoms with Crippen LogP contribution in [0.3, 0.4) is 0 Å². The van der Waals surface area contributed by atoms with E-state index in [1.807, 2.05) is 12.1 Å². The number of rotatable bonds is 3. The van der Waals surface area contributed by atoms with Gasteiger partial charge in [-0.3, -0.25) is 0 Å². The fourth-order valence-electron chi connectivity index (χ4n) is 2.54. The summed E-state index contributed by atoms with van der Waals surface area (Å²) in [6, 6.07) is 9.04. The Morgan fingerprint density at radius 1 is 1.35 bits per heavy atom. The van der Waals surface area contributed by atoms with Gasteiger partial charge in [0.2, 0.25) is 0 Å². The van der Waals surface area contributed by atoms with E-state index in [1.165, 1.54) is 18.2 Å². The molecule has 3 heteroatoms. The maximum atomic E-state index is 5.90. The molecule has 3 rings (SSSR count). The lowest BCUT2D eigenvalue weighted by molar-refractivity contribution is 0.266. The predicted octanol–water partition coefficient (Wildman–Crippen LogP) is 4.05. The maximum absolute atomic E-state index is 5.90.